The van der Waals surface area contributed by atoms with Gasteiger partial charge in [-0.1, -0.05) is 286 Å². The normalized spacial score (nSPS) is 14.2. The molecule has 0 aromatic heterocycles. The molecular formula is C67H130O17P2. The van der Waals surface area contributed by atoms with Crippen molar-refractivity contribution in [1.29, 1.82) is 0 Å². The third-order valence-electron chi connectivity index (χ3n) is 15.5. The van der Waals surface area contributed by atoms with E-state index >= 15 is 0 Å². The zero-order valence-electron chi connectivity index (χ0n) is 55.6. The molecule has 0 aliphatic heterocycles. The molecule has 86 heavy (non-hydrogen) atoms. The maximum Gasteiger partial charge on any atom is 0.472 e. The van der Waals surface area contributed by atoms with Crippen LogP contribution in [0.1, 0.15) is 337 Å². The van der Waals surface area contributed by atoms with Gasteiger partial charge in [0.1, 0.15) is 19.3 Å². The highest BCUT2D eigenvalue weighted by atomic mass is 31.2. The lowest BCUT2D eigenvalue weighted by Crippen LogP contribution is -2.30. The molecule has 19 heteroatoms. The summed E-state index contributed by atoms with van der Waals surface area (Å²) in [4.78, 5) is 72.3. The van der Waals surface area contributed by atoms with E-state index in [0.29, 0.717) is 31.6 Å². The fraction of sp³-hybridized carbons (Fsp3) is 0.940. The predicted octanol–water partition coefficient (Wildman–Crippen LogP) is 18.8. The molecule has 0 fully saturated rings. The molecule has 0 bridgehead atoms. The van der Waals surface area contributed by atoms with E-state index in [0.717, 1.165) is 102 Å². The Morgan fingerprint density at radius 2 is 0.535 bits per heavy atom. The number of hydrogen-bond donors (Lipinski definition) is 3. The molecule has 0 aliphatic carbocycles. The molecule has 0 aliphatic rings. The van der Waals surface area contributed by atoms with Gasteiger partial charge in [0, 0.05) is 25.7 Å². The van der Waals surface area contributed by atoms with Crippen molar-refractivity contribution in [2.45, 2.75) is 355 Å². The summed E-state index contributed by atoms with van der Waals surface area (Å²) in [7, 11) is -9.89. The van der Waals surface area contributed by atoms with Crippen LogP contribution in [0.3, 0.4) is 0 Å². The standard InChI is InChI=1S/C67H130O17P2/c1-7-9-11-13-15-17-19-20-22-26-30-37-43-49-64(69)77-55-62(83-67(72)52-46-40-32-28-24-23-25-29-35-41-47-59(3)4)57-81-85(73,74)79-53-61(68)54-80-86(75,76)82-58-63(56-78-65(70)50-44-38-34-33-36-42-48-60(5)6)84-66(71)51-45-39-31-27-21-18-16-14-12-10-8-2/h59-63,68H,7-58H2,1-6H3,(H,73,74)(H,75,76)/t61-,62-,63-/m1/s1. The number of unbranched alkanes of at least 4 members (excludes halogenated alkanes) is 36. The number of aliphatic hydroxyl groups excluding tert-OH is 1. The van der Waals surface area contributed by atoms with Crippen molar-refractivity contribution < 1.29 is 80.2 Å². The van der Waals surface area contributed by atoms with E-state index in [1.165, 1.54) is 148 Å². The van der Waals surface area contributed by atoms with Crippen molar-refractivity contribution in [3.63, 3.8) is 0 Å². The van der Waals surface area contributed by atoms with Gasteiger partial charge in [0.25, 0.3) is 0 Å². The fourth-order valence-corrected chi connectivity index (χ4v) is 11.6. The van der Waals surface area contributed by atoms with Gasteiger partial charge in [-0.25, -0.2) is 9.13 Å². The zero-order chi connectivity index (χ0) is 63.6. The Balaban J connectivity index is 5.24. The van der Waals surface area contributed by atoms with Crippen LogP contribution in [0.4, 0.5) is 0 Å². The Labute approximate surface area is 524 Å². The van der Waals surface area contributed by atoms with E-state index in [2.05, 4.69) is 41.5 Å². The minimum Gasteiger partial charge on any atom is -0.462 e. The van der Waals surface area contributed by atoms with Crippen LogP contribution >= 0.6 is 15.6 Å². The van der Waals surface area contributed by atoms with Crippen LogP contribution in [0, 0.1) is 11.8 Å². The van der Waals surface area contributed by atoms with E-state index in [9.17, 15) is 43.2 Å². The second-order valence-corrected chi connectivity index (χ2v) is 28.1. The Morgan fingerprint density at radius 3 is 0.791 bits per heavy atom. The minimum absolute atomic E-state index is 0.106. The highest BCUT2D eigenvalue weighted by molar-refractivity contribution is 7.47. The molecule has 3 N–H and O–H groups in total. The van der Waals surface area contributed by atoms with Crippen LogP contribution in [-0.4, -0.2) is 96.7 Å². The summed E-state index contributed by atoms with van der Waals surface area (Å²) in [5.41, 5.74) is 0. The highest BCUT2D eigenvalue weighted by Crippen LogP contribution is 2.45. The Morgan fingerprint density at radius 1 is 0.314 bits per heavy atom. The molecule has 0 saturated heterocycles. The van der Waals surface area contributed by atoms with Crippen LogP contribution in [-0.2, 0) is 65.4 Å². The number of aliphatic hydroxyl groups is 1. The molecule has 5 atom stereocenters. The Hall–Kier alpha value is -1.94. The molecule has 0 saturated carbocycles. The van der Waals surface area contributed by atoms with E-state index < -0.39 is 97.5 Å². The van der Waals surface area contributed by atoms with Crippen molar-refractivity contribution in [2.24, 2.45) is 11.8 Å². The van der Waals surface area contributed by atoms with Gasteiger partial charge >= 0.3 is 39.5 Å². The molecule has 0 amide bonds. The number of rotatable bonds is 66. The zero-order valence-corrected chi connectivity index (χ0v) is 57.4. The van der Waals surface area contributed by atoms with Crippen LogP contribution in [0.25, 0.3) is 0 Å². The van der Waals surface area contributed by atoms with Gasteiger partial charge in [-0.2, -0.15) is 0 Å². The lowest BCUT2D eigenvalue weighted by molar-refractivity contribution is -0.161. The minimum atomic E-state index is -4.95. The number of phosphoric ester groups is 2. The fourth-order valence-electron chi connectivity index (χ4n) is 10.1. The molecule has 0 radical (unpaired) electrons. The van der Waals surface area contributed by atoms with E-state index in [1.807, 2.05) is 0 Å². The molecule has 510 valence electrons. The van der Waals surface area contributed by atoms with Crippen molar-refractivity contribution in [2.75, 3.05) is 39.6 Å². The average molecular weight is 1270 g/mol. The van der Waals surface area contributed by atoms with Crippen molar-refractivity contribution in [3.8, 4) is 0 Å². The predicted molar refractivity (Wildman–Crippen MR) is 345 cm³/mol. The second kappa shape index (κ2) is 59.4. The first-order valence-corrected chi connectivity index (χ1v) is 38.0. The maximum absolute atomic E-state index is 13.0. The second-order valence-electron chi connectivity index (χ2n) is 25.2. The monoisotopic (exact) mass is 1270 g/mol. The smallest absolute Gasteiger partial charge is 0.462 e. The number of carbonyl (C=O) groups excluding carboxylic acids is 4. The van der Waals surface area contributed by atoms with Crippen LogP contribution < -0.4 is 0 Å². The first-order chi connectivity index (χ1) is 41.4. The number of ether oxygens (including phenoxy) is 4. The van der Waals surface area contributed by atoms with Crippen molar-refractivity contribution >= 4 is 39.5 Å². The maximum atomic E-state index is 13.0. The third kappa shape index (κ3) is 60.9. The van der Waals surface area contributed by atoms with Crippen LogP contribution in [0.2, 0.25) is 0 Å². The van der Waals surface area contributed by atoms with Crippen LogP contribution in [0.15, 0.2) is 0 Å². The lowest BCUT2D eigenvalue weighted by Gasteiger charge is -2.21. The molecule has 0 rings (SSSR count). The first-order valence-electron chi connectivity index (χ1n) is 35.0. The summed E-state index contributed by atoms with van der Waals surface area (Å²) in [5, 5.41) is 10.6. The molecule has 0 heterocycles. The number of esters is 4. The van der Waals surface area contributed by atoms with Crippen molar-refractivity contribution in [1.82, 2.24) is 0 Å². The molecule has 2 unspecified atom stereocenters. The quantitative estimate of drug-likeness (QED) is 0.0222. The van der Waals surface area contributed by atoms with Gasteiger partial charge < -0.3 is 33.8 Å². The Bertz CT molecular complexity index is 1680. The van der Waals surface area contributed by atoms with Gasteiger partial charge in [-0.05, 0) is 37.5 Å². The Kier molecular flexibility index (Phi) is 58.0. The van der Waals surface area contributed by atoms with E-state index in [-0.39, 0.29) is 25.7 Å². The van der Waals surface area contributed by atoms with Gasteiger partial charge in [0.15, 0.2) is 12.2 Å². The van der Waals surface area contributed by atoms with Crippen molar-refractivity contribution in [3.05, 3.63) is 0 Å². The number of hydrogen-bond acceptors (Lipinski definition) is 15. The SMILES string of the molecule is CCCCCCCCCCCCCCCC(=O)OC[C@H](COP(=O)(O)OC[C@@H](O)COP(=O)(O)OC[C@@H](COC(=O)CCCCCCCCC(C)C)OC(=O)CCCCCCCCCCCCC)OC(=O)CCCCCCCCCCCCC(C)C. The van der Waals surface area contributed by atoms with Gasteiger partial charge in [0.05, 0.1) is 26.4 Å². The summed E-state index contributed by atoms with van der Waals surface area (Å²) in [6.45, 7) is 9.43. The first kappa shape index (κ1) is 84.1. The largest absolute Gasteiger partial charge is 0.472 e. The molecule has 0 aromatic rings. The van der Waals surface area contributed by atoms with E-state index in [1.54, 1.807) is 0 Å². The molecule has 17 nitrogen and oxygen atoms in total. The number of phosphoric acid groups is 2. The van der Waals surface area contributed by atoms with Crippen LogP contribution in [0.5, 0.6) is 0 Å². The van der Waals surface area contributed by atoms with E-state index in [4.69, 9.17) is 37.0 Å². The summed E-state index contributed by atoms with van der Waals surface area (Å²) in [6, 6.07) is 0. The van der Waals surface area contributed by atoms with Gasteiger partial charge in [-0.3, -0.25) is 37.3 Å². The summed E-state index contributed by atoms with van der Waals surface area (Å²) >= 11 is 0. The highest BCUT2D eigenvalue weighted by Gasteiger charge is 2.30. The summed E-state index contributed by atoms with van der Waals surface area (Å²) in [6.07, 6.45) is 43.1. The number of carbonyl (C=O) groups is 4. The molecule has 0 spiro atoms. The summed E-state index contributed by atoms with van der Waals surface area (Å²) in [5.74, 6) is -0.697. The average Bonchev–Trinajstić information content (AvgIpc) is 3.63. The van der Waals surface area contributed by atoms with Gasteiger partial charge in [0.2, 0.25) is 0 Å². The molecule has 0 aromatic carbocycles. The van der Waals surface area contributed by atoms with Gasteiger partial charge in [-0.15, -0.1) is 0 Å². The molecular weight excluding hydrogens is 1140 g/mol. The lowest BCUT2D eigenvalue weighted by atomic mass is 10.0. The summed E-state index contributed by atoms with van der Waals surface area (Å²) < 4.78 is 68.1. The third-order valence-corrected chi connectivity index (χ3v) is 17.4. The topological polar surface area (TPSA) is 237 Å².